The van der Waals surface area contributed by atoms with E-state index in [1.54, 1.807) is 18.2 Å². The number of nitrogen functional groups attached to an aromatic ring is 1. The molecular formula is C22H17BrN5O4PS. The molecule has 0 aliphatic carbocycles. The van der Waals surface area contributed by atoms with Gasteiger partial charge in [-0.15, -0.1) is 11.3 Å². The number of halogens is 1. The molecule has 0 amide bonds. The van der Waals surface area contributed by atoms with Crippen molar-refractivity contribution in [3.8, 4) is 16.3 Å². The summed E-state index contributed by atoms with van der Waals surface area (Å²) in [6.07, 6.45) is 0. The fourth-order valence-corrected chi connectivity index (χ4v) is 6.07. The van der Waals surface area contributed by atoms with Gasteiger partial charge < -0.3 is 21.1 Å². The molecule has 0 saturated heterocycles. The first-order valence-corrected chi connectivity index (χ1v) is 13.2. The minimum absolute atomic E-state index is 0.0257. The van der Waals surface area contributed by atoms with Crippen molar-refractivity contribution in [1.82, 2.24) is 9.78 Å². The molecule has 0 bridgehead atoms. The van der Waals surface area contributed by atoms with Crippen molar-refractivity contribution in [2.24, 2.45) is 4.76 Å². The Balaban J connectivity index is 1.71. The molecule has 0 spiro atoms. The van der Waals surface area contributed by atoms with E-state index in [1.165, 1.54) is 28.2 Å². The summed E-state index contributed by atoms with van der Waals surface area (Å²) in [5.41, 5.74) is 6.39. The molecule has 2 aromatic carbocycles. The van der Waals surface area contributed by atoms with Crippen molar-refractivity contribution in [1.29, 1.82) is 0 Å². The number of rotatable bonds is 4. The standard InChI is InChI=1S/C22H17BrN5O4PS/c23-13-4-1-3-12(9-13)11-28-22(30)18(20(29)19(26-28)17-5-2-8-34-17)21-25-15-7-6-14(24)10-16(15)33(31,32)27-21/h1-10,29H,11,24H2,(H2,25,27,31,32). The van der Waals surface area contributed by atoms with E-state index < -0.39 is 18.8 Å². The number of nitrogens with two attached hydrogens (primary N) is 1. The predicted molar refractivity (Wildman–Crippen MR) is 137 cm³/mol. The van der Waals surface area contributed by atoms with Crippen LogP contribution in [0.5, 0.6) is 5.75 Å². The molecule has 0 radical (unpaired) electrons. The molecule has 3 heterocycles. The first kappa shape index (κ1) is 22.5. The van der Waals surface area contributed by atoms with Gasteiger partial charge in [-0.3, -0.25) is 9.36 Å². The zero-order valence-corrected chi connectivity index (χ0v) is 20.6. The summed E-state index contributed by atoms with van der Waals surface area (Å²) < 4.78 is 19.0. The highest BCUT2D eigenvalue weighted by Crippen LogP contribution is 2.47. The second-order valence-electron chi connectivity index (χ2n) is 7.54. The average Bonchev–Trinajstić information content (AvgIpc) is 3.31. The second-order valence-corrected chi connectivity index (χ2v) is 11.2. The summed E-state index contributed by atoms with van der Waals surface area (Å²) >= 11 is 4.75. The normalized spacial score (nSPS) is 17.1. The maximum Gasteiger partial charge on any atom is 0.346 e. The molecular weight excluding hydrogens is 541 g/mol. The third kappa shape index (κ3) is 4.07. The fourth-order valence-electron chi connectivity index (χ4n) is 3.62. The monoisotopic (exact) mass is 557 g/mol. The van der Waals surface area contributed by atoms with Crippen LogP contribution in [0.3, 0.4) is 0 Å². The van der Waals surface area contributed by atoms with E-state index in [4.69, 9.17) is 5.73 Å². The molecule has 1 aliphatic rings. The Hall–Kier alpha value is -3.24. The Kier molecular flexibility index (Phi) is 5.65. The number of anilines is 2. The summed E-state index contributed by atoms with van der Waals surface area (Å²) in [5, 5.41) is 20.3. The van der Waals surface area contributed by atoms with Gasteiger partial charge in [0, 0.05) is 10.2 Å². The molecule has 5 rings (SSSR count). The van der Waals surface area contributed by atoms with Gasteiger partial charge in [-0.05, 0) is 47.3 Å². The van der Waals surface area contributed by atoms with Crippen LogP contribution in [0, 0.1) is 0 Å². The number of aromatic hydroxyl groups is 1. The van der Waals surface area contributed by atoms with Gasteiger partial charge in [0.2, 0.25) is 0 Å². The minimum Gasteiger partial charge on any atom is -0.505 e. The van der Waals surface area contributed by atoms with Crippen LogP contribution < -0.4 is 21.9 Å². The highest BCUT2D eigenvalue weighted by molar-refractivity contribution is 9.10. The number of fused-ring (bicyclic) bond motifs is 1. The maximum absolute atomic E-state index is 13.5. The van der Waals surface area contributed by atoms with Gasteiger partial charge in [0.15, 0.2) is 11.6 Å². The zero-order chi connectivity index (χ0) is 24.0. The number of nitrogens with zero attached hydrogens (tertiary/aromatic N) is 3. The van der Waals surface area contributed by atoms with E-state index in [0.29, 0.717) is 10.6 Å². The third-order valence-corrected chi connectivity index (χ3v) is 8.01. The molecule has 1 unspecified atom stereocenters. The molecule has 5 N–H and O–H groups in total. The fraction of sp³-hybridized carbons (Fsp3) is 0.0455. The van der Waals surface area contributed by atoms with Crippen molar-refractivity contribution in [2.45, 2.75) is 6.54 Å². The van der Waals surface area contributed by atoms with E-state index in [9.17, 15) is 19.4 Å². The number of benzene rings is 2. The quantitative estimate of drug-likeness (QED) is 0.221. The van der Waals surface area contributed by atoms with Gasteiger partial charge in [0.05, 0.1) is 22.4 Å². The van der Waals surface area contributed by atoms with Crippen molar-refractivity contribution in [2.75, 3.05) is 11.1 Å². The molecule has 0 fully saturated rings. The molecule has 12 heteroatoms. The van der Waals surface area contributed by atoms with E-state index in [0.717, 1.165) is 10.0 Å². The molecule has 9 nitrogen and oxygen atoms in total. The highest BCUT2D eigenvalue weighted by atomic mass is 79.9. The maximum atomic E-state index is 13.5. The molecule has 0 saturated carbocycles. The smallest absolute Gasteiger partial charge is 0.346 e. The summed E-state index contributed by atoms with van der Waals surface area (Å²) in [6, 6.07) is 15.4. The lowest BCUT2D eigenvalue weighted by Crippen LogP contribution is -2.34. The molecule has 1 atom stereocenters. The van der Waals surface area contributed by atoms with Crippen LogP contribution in [0.2, 0.25) is 0 Å². The Morgan fingerprint density at radius 3 is 2.74 bits per heavy atom. The van der Waals surface area contributed by atoms with Gasteiger partial charge in [-0.2, -0.15) is 9.86 Å². The van der Waals surface area contributed by atoms with Crippen LogP contribution in [0.4, 0.5) is 11.4 Å². The summed E-state index contributed by atoms with van der Waals surface area (Å²) in [4.78, 5) is 24.7. The topological polar surface area (TPSA) is 143 Å². The number of hydrogen-bond donors (Lipinski definition) is 4. The SMILES string of the molecule is Nc1ccc2c(c1)P(=O)(O)N=C(c1c(O)c(-c3cccs3)nn(Cc3cccc(Br)c3)c1=O)N2. The van der Waals surface area contributed by atoms with Gasteiger partial charge in [-0.1, -0.05) is 34.1 Å². The Labute approximate surface area is 205 Å². The molecule has 1 aliphatic heterocycles. The van der Waals surface area contributed by atoms with E-state index >= 15 is 0 Å². The first-order valence-electron chi connectivity index (χ1n) is 9.96. The summed E-state index contributed by atoms with van der Waals surface area (Å²) in [7, 11) is -4.27. The number of hydrogen-bond acceptors (Lipinski definition) is 7. The number of amidine groups is 1. The van der Waals surface area contributed by atoms with Crippen LogP contribution >= 0.6 is 34.8 Å². The van der Waals surface area contributed by atoms with E-state index in [1.807, 2.05) is 29.6 Å². The zero-order valence-electron chi connectivity index (χ0n) is 17.3. The van der Waals surface area contributed by atoms with Crippen LogP contribution in [0.15, 0.2) is 74.0 Å². The highest BCUT2D eigenvalue weighted by Gasteiger charge is 2.34. The molecule has 172 valence electrons. The van der Waals surface area contributed by atoms with Gasteiger partial charge in [-0.25, -0.2) is 4.68 Å². The van der Waals surface area contributed by atoms with Crippen molar-refractivity contribution < 1.29 is 14.6 Å². The lowest BCUT2D eigenvalue weighted by atomic mass is 10.1. The van der Waals surface area contributed by atoms with Crippen molar-refractivity contribution in [3.05, 3.63) is 85.9 Å². The molecule has 4 aromatic rings. The van der Waals surface area contributed by atoms with Crippen molar-refractivity contribution >= 4 is 57.3 Å². The van der Waals surface area contributed by atoms with Crippen LogP contribution in [-0.4, -0.2) is 25.6 Å². The predicted octanol–water partition coefficient (Wildman–Crippen LogP) is 3.75. The van der Waals surface area contributed by atoms with Gasteiger partial charge in [0.25, 0.3) is 5.56 Å². The van der Waals surface area contributed by atoms with Crippen LogP contribution in [0.1, 0.15) is 11.1 Å². The van der Waals surface area contributed by atoms with Crippen LogP contribution in [0.25, 0.3) is 10.6 Å². The second kappa shape index (κ2) is 8.52. The van der Waals surface area contributed by atoms with E-state index in [-0.39, 0.29) is 34.6 Å². The Morgan fingerprint density at radius 2 is 2.00 bits per heavy atom. The van der Waals surface area contributed by atoms with Crippen molar-refractivity contribution in [3.63, 3.8) is 0 Å². The van der Waals surface area contributed by atoms with Gasteiger partial charge in [0.1, 0.15) is 11.3 Å². The van der Waals surface area contributed by atoms with Crippen LogP contribution in [-0.2, 0) is 11.1 Å². The third-order valence-electron chi connectivity index (χ3n) is 5.17. The Bertz CT molecular complexity index is 1570. The largest absolute Gasteiger partial charge is 0.505 e. The summed E-state index contributed by atoms with van der Waals surface area (Å²) in [5.74, 6) is -0.642. The first-order chi connectivity index (χ1) is 16.2. The minimum atomic E-state index is -4.27. The lowest BCUT2D eigenvalue weighted by Gasteiger charge is -2.23. The number of nitrogens with one attached hydrogen (secondary N) is 1. The molecule has 34 heavy (non-hydrogen) atoms. The Morgan fingerprint density at radius 1 is 1.18 bits per heavy atom. The van der Waals surface area contributed by atoms with E-state index in [2.05, 4.69) is 31.1 Å². The lowest BCUT2D eigenvalue weighted by molar-refractivity contribution is 0.464. The number of thiophene rings is 1. The summed E-state index contributed by atoms with van der Waals surface area (Å²) in [6.45, 7) is 0.112. The molecule has 2 aromatic heterocycles. The van der Waals surface area contributed by atoms with Gasteiger partial charge >= 0.3 is 7.52 Å². The average molecular weight is 558 g/mol. The number of aromatic nitrogens is 2.